The van der Waals surface area contributed by atoms with Crippen LogP contribution in [0.1, 0.15) is 4.88 Å². The summed E-state index contributed by atoms with van der Waals surface area (Å²) in [5.41, 5.74) is 0. The molecule has 0 N–H and O–H groups in total. The van der Waals surface area contributed by atoms with Crippen molar-refractivity contribution >= 4 is 44.7 Å². The lowest BCUT2D eigenvalue weighted by Gasteiger charge is -2.17. The average Bonchev–Trinajstić information content (AvgIpc) is 2.63. The summed E-state index contributed by atoms with van der Waals surface area (Å²) in [4.78, 5) is 6.88. The van der Waals surface area contributed by atoms with Crippen molar-refractivity contribution in [3.05, 3.63) is 43.9 Å². The number of rotatable bonds is 3. The van der Waals surface area contributed by atoms with Crippen LogP contribution in [-0.2, 0) is 6.54 Å². The summed E-state index contributed by atoms with van der Waals surface area (Å²) in [7, 11) is 1.80. The van der Waals surface area contributed by atoms with E-state index >= 15 is 0 Å². The first-order valence-electron chi connectivity index (χ1n) is 4.82. The SMILES string of the molecule is CN(Cc1ccc(Cl)s1)c1ncc(Br)cc1F. The molecule has 0 saturated carbocycles. The van der Waals surface area contributed by atoms with Gasteiger partial charge in [-0.3, -0.25) is 0 Å². The van der Waals surface area contributed by atoms with Crippen molar-refractivity contribution in [1.29, 1.82) is 0 Å². The van der Waals surface area contributed by atoms with E-state index in [1.807, 2.05) is 12.1 Å². The van der Waals surface area contributed by atoms with Gasteiger partial charge in [-0.05, 0) is 34.1 Å². The van der Waals surface area contributed by atoms with Gasteiger partial charge in [-0.25, -0.2) is 9.37 Å². The molecule has 0 aliphatic heterocycles. The molecule has 0 fully saturated rings. The molecule has 90 valence electrons. The van der Waals surface area contributed by atoms with Crippen LogP contribution >= 0.6 is 38.9 Å². The van der Waals surface area contributed by atoms with Gasteiger partial charge in [0.15, 0.2) is 11.6 Å². The Morgan fingerprint density at radius 3 is 2.88 bits per heavy atom. The average molecular weight is 336 g/mol. The molecule has 0 unspecified atom stereocenters. The molecule has 0 amide bonds. The van der Waals surface area contributed by atoms with E-state index in [-0.39, 0.29) is 5.82 Å². The fraction of sp³-hybridized carbons (Fsp3) is 0.182. The fourth-order valence-electron chi connectivity index (χ4n) is 1.43. The number of thiophene rings is 1. The molecule has 0 saturated heterocycles. The number of nitrogens with zero attached hydrogens (tertiary/aromatic N) is 2. The summed E-state index contributed by atoms with van der Waals surface area (Å²) in [5.74, 6) is -0.0118. The lowest BCUT2D eigenvalue weighted by Crippen LogP contribution is -2.18. The fourth-order valence-corrected chi connectivity index (χ4v) is 2.88. The quantitative estimate of drug-likeness (QED) is 0.830. The van der Waals surface area contributed by atoms with Gasteiger partial charge >= 0.3 is 0 Å². The predicted molar refractivity (Wildman–Crippen MR) is 73.3 cm³/mol. The third kappa shape index (κ3) is 3.18. The standard InChI is InChI=1S/C11H9BrClFN2S/c1-16(6-8-2-3-10(13)17-8)11-9(14)4-7(12)5-15-11/h2-5H,6H2,1H3. The molecule has 17 heavy (non-hydrogen) atoms. The van der Waals surface area contributed by atoms with Gasteiger partial charge < -0.3 is 4.90 Å². The molecule has 0 radical (unpaired) electrons. The van der Waals surface area contributed by atoms with Gasteiger partial charge in [0.2, 0.25) is 0 Å². The van der Waals surface area contributed by atoms with Crippen LogP contribution in [0.25, 0.3) is 0 Å². The minimum atomic E-state index is -0.343. The van der Waals surface area contributed by atoms with E-state index in [1.54, 1.807) is 18.1 Å². The molecule has 0 aliphatic carbocycles. The second-order valence-corrected chi connectivity index (χ2v) is 6.24. The van der Waals surface area contributed by atoms with Crippen LogP contribution in [0.3, 0.4) is 0 Å². The Bertz CT molecular complexity index is 532. The van der Waals surface area contributed by atoms with Crippen molar-refractivity contribution in [2.24, 2.45) is 0 Å². The third-order valence-electron chi connectivity index (χ3n) is 2.17. The molecular formula is C11H9BrClFN2S. The Morgan fingerprint density at radius 2 is 2.29 bits per heavy atom. The lowest BCUT2D eigenvalue weighted by molar-refractivity contribution is 0.614. The van der Waals surface area contributed by atoms with Crippen LogP contribution in [0.2, 0.25) is 4.34 Å². The number of halogens is 3. The Labute approximate surface area is 116 Å². The second-order valence-electron chi connectivity index (χ2n) is 3.52. The van der Waals surface area contributed by atoms with Gasteiger partial charge in [0, 0.05) is 22.6 Å². The van der Waals surface area contributed by atoms with E-state index in [2.05, 4.69) is 20.9 Å². The molecule has 0 bridgehead atoms. The first-order valence-corrected chi connectivity index (χ1v) is 6.81. The van der Waals surface area contributed by atoms with Gasteiger partial charge in [-0.1, -0.05) is 11.6 Å². The van der Waals surface area contributed by atoms with E-state index in [0.717, 1.165) is 9.21 Å². The molecule has 2 nitrogen and oxygen atoms in total. The Balaban J connectivity index is 2.17. The summed E-state index contributed by atoms with van der Waals surface area (Å²) < 4.78 is 15.0. The van der Waals surface area contributed by atoms with E-state index < -0.39 is 0 Å². The topological polar surface area (TPSA) is 16.1 Å². The van der Waals surface area contributed by atoms with Crippen LogP contribution < -0.4 is 4.90 Å². The number of aromatic nitrogens is 1. The molecule has 2 aromatic heterocycles. The van der Waals surface area contributed by atoms with Gasteiger partial charge in [-0.2, -0.15) is 0 Å². The molecule has 2 aromatic rings. The van der Waals surface area contributed by atoms with Gasteiger partial charge in [-0.15, -0.1) is 11.3 Å². The van der Waals surface area contributed by atoms with Crippen LogP contribution in [0.5, 0.6) is 0 Å². The summed E-state index contributed by atoms with van der Waals surface area (Å²) in [6, 6.07) is 5.17. The van der Waals surface area contributed by atoms with Crippen LogP contribution in [0.4, 0.5) is 10.2 Å². The summed E-state index contributed by atoms with van der Waals surface area (Å²) >= 11 is 10.5. The normalized spacial score (nSPS) is 10.6. The van der Waals surface area contributed by atoms with Crippen molar-refractivity contribution < 1.29 is 4.39 Å². The van der Waals surface area contributed by atoms with Crippen molar-refractivity contribution in [2.75, 3.05) is 11.9 Å². The molecule has 2 heterocycles. The number of hydrogen-bond donors (Lipinski definition) is 0. The van der Waals surface area contributed by atoms with Crippen LogP contribution in [-0.4, -0.2) is 12.0 Å². The maximum atomic E-state index is 13.7. The molecule has 0 aromatic carbocycles. The minimum absolute atomic E-state index is 0.331. The number of anilines is 1. The zero-order valence-corrected chi connectivity index (χ0v) is 12.1. The van der Waals surface area contributed by atoms with Crippen LogP contribution in [0.15, 0.2) is 28.9 Å². The lowest BCUT2D eigenvalue weighted by atomic mass is 10.4. The highest BCUT2D eigenvalue weighted by molar-refractivity contribution is 9.10. The second kappa shape index (κ2) is 5.33. The Hall–Kier alpha value is -0.650. The predicted octanol–water partition coefficient (Wildman–Crippen LogP) is 4.33. The Kier molecular flexibility index (Phi) is 4.01. The zero-order chi connectivity index (χ0) is 12.4. The van der Waals surface area contributed by atoms with Gasteiger partial charge in [0.1, 0.15) is 0 Å². The maximum absolute atomic E-state index is 13.7. The molecule has 0 atom stereocenters. The van der Waals surface area contributed by atoms with E-state index in [1.165, 1.54) is 17.4 Å². The minimum Gasteiger partial charge on any atom is -0.352 e. The highest BCUT2D eigenvalue weighted by Crippen LogP contribution is 2.25. The van der Waals surface area contributed by atoms with Crippen molar-refractivity contribution in [2.45, 2.75) is 6.54 Å². The number of hydrogen-bond acceptors (Lipinski definition) is 3. The van der Waals surface area contributed by atoms with Crippen molar-refractivity contribution in [3.8, 4) is 0 Å². The van der Waals surface area contributed by atoms with Crippen LogP contribution in [0, 0.1) is 5.82 Å². The smallest absolute Gasteiger partial charge is 0.166 e. The highest BCUT2D eigenvalue weighted by atomic mass is 79.9. The molecule has 6 heteroatoms. The van der Waals surface area contributed by atoms with Crippen molar-refractivity contribution in [3.63, 3.8) is 0 Å². The molecule has 0 spiro atoms. The zero-order valence-electron chi connectivity index (χ0n) is 8.95. The molecular weight excluding hydrogens is 327 g/mol. The largest absolute Gasteiger partial charge is 0.352 e. The molecule has 2 rings (SSSR count). The highest BCUT2D eigenvalue weighted by Gasteiger charge is 2.11. The van der Waals surface area contributed by atoms with E-state index in [4.69, 9.17) is 11.6 Å². The summed E-state index contributed by atoms with van der Waals surface area (Å²) in [6.07, 6.45) is 1.58. The van der Waals surface area contributed by atoms with E-state index in [0.29, 0.717) is 16.8 Å². The van der Waals surface area contributed by atoms with E-state index in [9.17, 15) is 4.39 Å². The molecule has 0 aliphatic rings. The first kappa shape index (κ1) is 12.8. The maximum Gasteiger partial charge on any atom is 0.166 e. The summed E-state index contributed by atoms with van der Waals surface area (Å²) in [6.45, 7) is 0.586. The first-order chi connectivity index (χ1) is 8.06. The Morgan fingerprint density at radius 1 is 1.53 bits per heavy atom. The number of pyridine rings is 1. The van der Waals surface area contributed by atoms with Crippen molar-refractivity contribution in [1.82, 2.24) is 4.98 Å². The summed E-state index contributed by atoms with van der Waals surface area (Å²) in [5, 5.41) is 0. The van der Waals surface area contributed by atoms with Gasteiger partial charge in [0.25, 0.3) is 0 Å². The van der Waals surface area contributed by atoms with Gasteiger partial charge in [0.05, 0.1) is 10.9 Å². The third-order valence-corrected chi connectivity index (χ3v) is 3.82. The monoisotopic (exact) mass is 334 g/mol.